The molecule has 0 aliphatic carbocycles. The topological polar surface area (TPSA) is 37.3 Å². The average molecular weight is 274 g/mol. The highest BCUT2D eigenvalue weighted by atomic mass is 32.2. The van der Waals surface area contributed by atoms with Gasteiger partial charge in [-0.05, 0) is 6.42 Å². The summed E-state index contributed by atoms with van der Waals surface area (Å²) in [5.74, 6) is 0.663. The molecule has 0 aliphatic rings. The third-order valence-corrected chi connectivity index (χ3v) is 4.61. The van der Waals surface area contributed by atoms with E-state index in [-0.39, 0.29) is 6.61 Å². The summed E-state index contributed by atoms with van der Waals surface area (Å²) in [4.78, 5) is 0.464. The Morgan fingerprint density at radius 3 is 1.83 bits per heavy atom. The van der Waals surface area contributed by atoms with Crippen molar-refractivity contribution in [3.8, 4) is 0 Å². The maximum absolute atomic E-state index is 11.5. The fourth-order valence-electron chi connectivity index (χ4n) is 1.94. The van der Waals surface area contributed by atoms with Gasteiger partial charge in [0.15, 0.2) is 0 Å². The van der Waals surface area contributed by atoms with E-state index in [1.54, 1.807) is 0 Å². The summed E-state index contributed by atoms with van der Waals surface area (Å²) in [6, 6.07) is 0. The molecule has 1 N–H and O–H groups in total. The number of aliphatic hydroxyl groups is 1. The highest BCUT2D eigenvalue weighted by Crippen LogP contribution is 2.11. The third-order valence-electron chi connectivity index (χ3n) is 3.18. The Kier molecular flexibility index (Phi) is 13.2. The standard InChI is InChI=1S/C15H30O2S/c1-3-4-5-6-7-8-9-10-11-12-13-18(17)15(2)14-16/h16H,2-14H2,1H3. The number of unbranched alkanes of at least 4 members (excludes halogenated alkanes) is 9. The van der Waals surface area contributed by atoms with E-state index in [2.05, 4.69) is 13.5 Å². The molecule has 0 heterocycles. The van der Waals surface area contributed by atoms with Gasteiger partial charge in [-0.3, -0.25) is 4.21 Å². The van der Waals surface area contributed by atoms with E-state index in [0.717, 1.165) is 12.8 Å². The molecule has 0 aromatic rings. The van der Waals surface area contributed by atoms with Gasteiger partial charge < -0.3 is 5.11 Å². The van der Waals surface area contributed by atoms with Crippen LogP contribution in [-0.4, -0.2) is 21.7 Å². The minimum atomic E-state index is -1.02. The van der Waals surface area contributed by atoms with E-state index in [9.17, 15) is 4.21 Å². The Labute approximate surface area is 115 Å². The summed E-state index contributed by atoms with van der Waals surface area (Å²) < 4.78 is 11.5. The lowest BCUT2D eigenvalue weighted by Gasteiger charge is -2.03. The van der Waals surface area contributed by atoms with Crippen LogP contribution < -0.4 is 0 Å². The van der Waals surface area contributed by atoms with Gasteiger partial charge in [-0.15, -0.1) is 0 Å². The minimum Gasteiger partial charge on any atom is -0.391 e. The van der Waals surface area contributed by atoms with Gasteiger partial charge in [-0.25, -0.2) is 0 Å². The highest BCUT2D eigenvalue weighted by molar-refractivity contribution is 7.88. The molecule has 0 radical (unpaired) electrons. The van der Waals surface area contributed by atoms with Crippen molar-refractivity contribution in [2.24, 2.45) is 0 Å². The van der Waals surface area contributed by atoms with Crippen molar-refractivity contribution < 1.29 is 9.32 Å². The van der Waals surface area contributed by atoms with Crippen LogP contribution in [0.15, 0.2) is 11.5 Å². The van der Waals surface area contributed by atoms with Gasteiger partial charge in [-0.1, -0.05) is 71.3 Å². The third kappa shape index (κ3) is 11.0. The van der Waals surface area contributed by atoms with Crippen LogP contribution in [-0.2, 0) is 10.8 Å². The summed E-state index contributed by atoms with van der Waals surface area (Å²) in [5.41, 5.74) is 0. The average Bonchev–Trinajstić information content (AvgIpc) is 2.39. The first-order valence-corrected chi connectivity index (χ1v) is 8.71. The van der Waals surface area contributed by atoms with Crippen molar-refractivity contribution in [3.05, 3.63) is 11.5 Å². The van der Waals surface area contributed by atoms with Gasteiger partial charge in [0.25, 0.3) is 0 Å². The fraction of sp³-hybridized carbons (Fsp3) is 0.867. The molecular weight excluding hydrogens is 244 g/mol. The number of hydrogen-bond acceptors (Lipinski definition) is 2. The maximum Gasteiger partial charge on any atom is 0.0759 e. The summed E-state index contributed by atoms with van der Waals surface area (Å²) in [6.07, 6.45) is 12.9. The van der Waals surface area contributed by atoms with E-state index in [0.29, 0.717) is 10.7 Å². The van der Waals surface area contributed by atoms with Crippen molar-refractivity contribution in [2.45, 2.75) is 71.1 Å². The molecule has 0 fully saturated rings. The normalized spacial score (nSPS) is 12.6. The zero-order valence-corrected chi connectivity index (χ0v) is 12.8. The molecule has 1 unspecified atom stereocenters. The monoisotopic (exact) mass is 274 g/mol. The lowest BCUT2D eigenvalue weighted by Crippen LogP contribution is -2.03. The SMILES string of the molecule is C=C(CO)S(=O)CCCCCCCCCCCC. The molecule has 0 spiro atoms. The van der Waals surface area contributed by atoms with Gasteiger partial charge in [0, 0.05) is 10.7 Å². The predicted molar refractivity (Wildman–Crippen MR) is 81.1 cm³/mol. The summed E-state index contributed by atoms with van der Waals surface area (Å²) >= 11 is 0. The Morgan fingerprint density at radius 1 is 0.944 bits per heavy atom. The molecule has 0 bridgehead atoms. The lowest BCUT2D eigenvalue weighted by atomic mass is 10.1. The van der Waals surface area contributed by atoms with E-state index in [1.165, 1.54) is 51.4 Å². The van der Waals surface area contributed by atoms with Gasteiger partial charge in [-0.2, -0.15) is 0 Å². The van der Waals surface area contributed by atoms with Gasteiger partial charge in [0.1, 0.15) is 0 Å². The number of hydrogen-bond donors (Lipinski definition) is 1. The van der Waals surface area contributed by atoms with Crippen molar-refractivity contribution in [1.29, 1.82) is 0 Å². The van der Waals surface area contributed by atoms with E-state index in [4.69, 9.17) is 5.11 Å². The molecule has 2 nitrogen and oxygen atoms in total. The molecular formula is C15H30O2S. The zero-order valence-electron chi connectivity index (χ0n) is 12.0. The van der Waals surface area contributed by atoms with Crippen LogP contribution in [0.25, 0.3) is 0 Å². The molecule has 0 aromatic heterocycles. The first kappa shape index (κ1) is 17.8. The van der Waals surface area contributed by atoms with Crippen molar-refractivity contribution in [1.82, 2.24) is 0 Å². The summed E-state index contributed by atoms with van der Waals surface area (Å²) in [6.45, 7) is 5.68. The van der Waals surface area contributed by atoms with Crippen LogP contribution in [0.2, 0.25) is 0 Å². The molecule has 18 heavy (non-hydrogen) atoms. The predicted octanol–water partition coefficient (Wildman–Crippen LogP) is 4.16. The minimum absolute atomic E-state index is 0.148. The Hall–Kier alpha value is -0.150. The van der Waals surface area contributed by atoms with E-state index in [1.807, 2.05) is 0 Å². The van der Waals surface area contributed by atoms with Crippen LogP contribution in [0.5, 0.6) is 0 Å². The van der Waals surface area contributed by atoms with Crippen LogP contribution in [0, 0.1) is 0 Å². The molecule has 0 aliphatic heterocycles. The Balaban J connectivity index is 3.16. The van der Waals surface area contributed by atoms with Crippen LogP contribution in [0.1, 0.15) is 71.1 Å². The van der Waals surface area contributed by atoms with E-state index < -0.39 is 10.8 Å². The summed E-state index contributed by atoms with van der Waals surface area (Å²) in [7, 11) is -1.02. The van der Waals surface area contributed by atoms with Gasteiger partial charge >= 0.3 is 0 Å². The Morgan fingerprint density at radius 2 is 1.39 bits per heavy atom. The quantitative estimate of drug-likeness (QED) is 0.512. The molecule has 0 saturated heterocycles. The molecule has 0 amide bonds. The van der Waals surface area contributed by atoms with Crippen LogP contribution in [0.3, 0.4) is 0 Å². The van der Waals surface area contributed by atoms with Gasteiger partial charge in [0.2, 0.25) is 0 Å². The summed E-state index contributed by atoms with van der Waals surface area (Å²) in [5, 5.41) is 8.77. The zero-order chi connectivity index (χ0) is 13.6. The van der Waals surface area contributed by atoms with Crippen molar-refractivity contribution >= 4 is 10.8 Å². The largest absolute Gasteiger partial charge is 0.391 e. The van der Waals surface area contributed by atoms with E-state index >= 15 is 0 Å². The Bertz CT molecular complexity index is 227. The first-order chi connectivity index (χ1) is 8.72. The van der Waals surface area contributed by atoms with Crippen LogP contribution >= 0.6 is 0 Å². The molecule has 0 aromatic carbocycles. The molecule has 0 saturated carbocycles. The maximum atomic E-state index is 11.5. The number of rotatable bonds is 13. The fourth-order valence-corrected chi connectivity index (χ4v) is 2.84. The number of aliphatic hydroxyl groups excluding tert-OH is 1. The smallest absolute Gasteiger partial charge is 0.0759 e. The molecule has 0 rings (SSSR count). The van der Waals surface area contributed by atoms with Crippen molar-refractivity contribution in [2.75, 3.05) is 12.4 Å². The second-order valence-electron chi connectivity index (χ2n) is 4.93. The molecule has 3 heteroatoms. The molecule has 108 valence electrons. The molecule has 1 atom stereocenters. The van der Waals surface area contributed by atoms with Crippen LogP contribution in [0.4, 0.5) is 0 Å². The second kappa shape index (κ2) is 13.3. The second-order valence-corrected chi connectivity index (χ2v) is 6.61. The van der Waals surface area contributed by atoms with Gasteiger partial charge in [0.05, 0.1) is 17.4 Å². The van der Waals surface area contributed by atoms with Crippen molar-refractivity contribution in [3.63, 3.8) is 0 Å². The first-order valence-electron chi connectivity index (χ1n) is 7.39. The highest BCUT2D eigenvalue weighted by Gasteiger charge is 2.02. The lowest BCUT2D eigenvalue weighted by molar-refractivity contribution is 0.339.